The number of aromatic nitrogens is 1. The standard InChI is InChI=1S/C12H13FN2O2S2/c1-9(12-14-6-7-18-12)8-15-19(16,17)11-5-3-2-4-10(11)13/h2-7,9,15H,8H2,1H3. The monoisotopic (exact) mass is 300 g/mol. The summed E-state index contributed by atoms with van der Waals surface area (Å²) in [4.78, 5) is 3.78. The molecule has 1 heterocycles. The lowest BCUT2D eigenvalue weighted by Gasteiger charge is -2.11. The third-order valence-corrected chi connectivity index (χ3v) is 5.04. The summed E-state index contributed by atoms with van der Waals surface area (Å²) in [5.74, 6) is -0.807. The van der Waals surface area contributed by atoms with Crippen LogP contribution < -0.4 is 4.72 Å². The topological polar surface area (TPSA) is 59.1 Å². The zero-order valence-corrected chi connectivity index (χ0v) is 11.8. The molecule has 0 saturated carbocycles. The smallest absolute Gasteiger partial charge is 0.243 e. The van der Waals surface area contributed by atoms with Crippen molar-refractivity contribution >= 4 is 21.4 Å². The Morgan fingerprint density at radius 2 is 2.16 bits per heavy atom. The van der Waals surface area contributed by atoms with Crippen molar-refractivity contribution in [3.63, 3.8) is 0 Å². The van der Waals surface area contributed by atoms with E-state index < -0.39 is 15.8 Å². The van der Waals surface area contributed by atoms with E-state index in [1.165, 1.54) is 29.5 Å². The van der Waals surface area contributed by atoms with E-state index in [4.69, 9.17) is 0 Å². The average molecular weight is 300 g/mol. The summed E-state index contributed by atoms with van der Waals surface area (Å²) in [6.07, 6.45) is 1.67. The second kappa shape index (κ2) is 5.77. The van der Waals surface area contributed by atoms with E-state index >= 15 is 0 Å². The van der Waals surface area contributed by atoms with Crippen molar-refractivity contribution < 1.29 is 12.8 Å². The van der Waals surface area contributed by atoms with Crippen LogP contribution in [0.3, 0.4) is 0 Å². The second-order valence-electron chi connectivity index (χ2n) is 4.05. The van der Waals surface area contributed by atoms with Crippen molar-refractivity contribution in [2.24, 2.45) is 0 Å². The van der Waals surface area contributed by atoms with Crippen molar-refractivity contribution in [1.29, 1.82) is 0 Å². The van der Waals surface area contributed by atoms with Crippen LogP contribution in [0, 0.1) is 5.82 Å². The minimum absolute atomic E-state index is 0.0541. The SMILES string of the molecule is CC(CNS(=O)(=O)c1ccccc1F)c1nccs1. The first-order valence-corrected chi connectivity index (χ1v) is 8.00. The van der Waals surface area contributed by atoms with Crippen molar-refractivity contribution in [3.05, 3.63) is 46.7 Å². The zero-order chi connectivity index (χ0) is 13.9. The highest BCUT2D eigenvalue weighted by Gasteiger charge is 2.19. The number of thiazole rings is 1. The van der Waals surface area contributed by atoms with E-state index in [0.717, 1.165) is 11.1 Å². The molecule has 1 aromatic carbocycles. The number of nitrogens with one attached hydrogen (secondary N) is 1. The summed E-state index contributed by atoms with van der Waals surface area (Å²) in [7, 11) is -3.83. The maximum absolute atomic E-state index is 13.5. The number of rotatable bonds is 5. The maximum atomic E-state index is 13.5. The quantitative estimate of drug-likeness (QED) is 0.922. The Hall–Kier alpha value is -1.31. The summed E-state index contributed by atoms with van der Waals surface area (Å²) in [6.45, 7) is 2.05. The van der Waals surface area contributed by atoms with Gasteiger partial charge in [0.25, 0.3) is 0 Å². The Morgan fingerprint density at radius 1 is 1.42 bits per heavy atom. The molecule has 1 N–H and O–H groups in total. The molecule has 1 atom stereocenters. The number of halogens is 1. The van der Waals surface area contributed by atoms with Gasteiger partial charge in [0.05, 0.1) is 5.01 Å². The summed E-state index contributed by atoms with van der Waals surface area (Å²) in [5.41, 5.74) is 0. The largest absolute Gasteiger partial charge is 0.249 e. The fourth-order valence-electron chi connectivity index (χ4n) is 1.54. The van der Waals surface area contributed by atoms with Gasteiger partial charge in [-0.2, -0.15) is 0 Å². The van der Waals surface area contributed by atoms with Gasteiger partial charge < -0.3 is 0 Å². The highest BCUT2D eigenvalue weighted by molar-refractivity contribution is 7.89. The predicted octanol–water partition coefficient (Wildman–Crippen LogP) is 2.36. The minimum atomic E-state index is -3.83. The predicted molar refractivity (Wildman–Crippen MR) is 72.1 cm³/mol. The summed E-state index contributed by atoms with van der Waals surface area (Å²) in [6, 6.07) is 5.30. The number of sulfonamides is 1. The van der Waals surface area contributed by atoms with Crippen molar-refractivity contribution in [1.82, 2.24) is 9.71 Å². The molecular formula is C12H13FN2O2S2. The van der Waals surface area contributed by atoms with E-state index in [2.05, 4.69) is 9.71 Å². The van der Waals surface area contributed by atoms with Crippen LogP contribution in [-0.4, -0.2) is 19.9 Å². The molecule has 4 nitrogen and oxygen atoms in total. The van der Waals surface area contributed by atoms with Crippen LogP contribution in [0.25, 0.3) is 0 Å². The molecule has 0 saturated heterocycles. The zero-order valence-electron chi connectivity index (χ0n) is 10.2. The van der Waals surface area contributed by atoms with E-state index in [0.29, 0.717) is 0 Å². The third-order valence-electron chi connectivity index (χ3n) is 2.58. The van der Waals surface area contributed by atoms with Gasteiger partial charge in [-0.3, -0.25) is 0 Å². The molecule has 102 valence electrons. The van der Waals surface area contributed by atoms with Crippen LogP contribution in [0.1, 0.15) is 17.8 Å². The van der Waals surface area contributed by atoms with Crippen LogP contribution >= 0.6 is 11.3 Å². The molecule has 2 rings (SSSR count). The first-order chi connectivity index (χ1) is 9.00. The molecule has 7 heteroatoms. The molecular weight excluding hydrogens is 287 g/mol. The highest BCUT2D eigenvalue weighted by Crippen LogP contribution is 2.18. The van der Waals surface area contributed by atoms with Gasteiger partial charge in [0.2, 0.25) is 10.0 Å². The number of nitrogens with zero attached hydrogens (tertiary/aromatic N) is 1. The van der Waals surface area contributed by atoms with Crippen molar-refractivity contribution in [2.45, 2.75) is 17.7 Å². The average Bonchev–Trinajstić information content (AvgIpc) is 2.90. The Morgan fingerprint density at radius 3 is 2.79 bits per heavy atom. The van der Waals surface area contributed by atoms with Crippen LogP contribution in [-0.2, 0) is 10.0 Å². The molecule has 0 radical (unpaired) electrons. The molecule has 0 aliphatic heterocycles. The second-order valence-corrected chi connectivity index (χ2v) is 6.72. The van der Waals surface area contributed by atoms with Crippen LogP contribution in [0.2, 0.25) is 0 Å². The van der Waals surface area contributed by atoms with Gasteiger partial charge in [-0.05, 0) is 12.1 Å². The Bertz CT molecular complexity index is 642. The summed E-state index contributed by atoms with van der Waals surface area (Å²) < 4.78 is 39.8. The van der Waals surface area contributed by atoms with Crippen LogP contribution in [0.15, 0.2) is 40.7 Å². The number of hydrogen-bond acceptors (Lipinski definition) is 4. The van der Waals surface area contributed by atoms with Gasteiger partial charge in [0.1, 0.15) is 10.7 Å². The molecule has 0 aliphatic carbocycles. The maximum Gasteiger partial charge on any atom is 0.243 e. The summed E-state index contributed by atoms with van der Waals surface area (Å²) >= 11 is 1.46. The Labute approximate surface area is 115 Å². The third kappa shape index (κ3) is 3.37. The lowest BCUT2D eigenvalue weighted by atomic mass is 10.2. The molecule has 0 spiro atoms. The Balaban J connectivity index is 2.09. The molecule has 0 fully saturated rings. The summed E-state index contributed by atoms with van der Waals surface area (Å²) in [5, 5.41) is 2.67. The van der Waals surface area contributed by atoms with Gasteiger partial charge in [-0.1, -0.05) is 19.1 Å². The fraction of sp³-hybridized carbons (Fsp3) is 0.250. The molecule has 0 amide bonds. The van der Waals surface area contributed by atoms with Crippen molar-refractivity contribution in [3.8, 4) is 0 Å². The van der Waals surface area contributed by atoms with Crippen molar-refractivity contribution in [2.75, 3.05) is 6.54 Å². The molecule has 0 aliphatic rings. The first kappa shape index (κ1) is 14.1. The molecule has 1 aromatic heterocycles. The molecule has 19 heavy (non-hydrogen) atoms. The normalized spacial score (nSPS) is 13.4. The van der Waals surface area contributed by atoms with E-state index in [9.17, 15) is 12.8 Å². The lowest BCUT2D eigenvalue weighted by molar-refractivity contribution is 0.552. The first-order valence-electron chi connectivity index (χ1n) is 5.64. The Kier molecular flexibility index (Phi) is 4.28. The molecule has 0 bridgehead atoms. The van der Waals surface area contributed by atoms with Crippen LogP contribution in [0.4, 0.5) is 4.39 Å². The molecule has 2 aromatic rings. The van der Waals surface area contributed by atoms with Crippen LogP contribution in [0.5, 0.6) is 0 Å². The van der Waals surface area contributed by atoms with Gasteiger partial charge in [-0.25, -0.2) is 22.5 Å². The van der Waals surface area contributed by atoms with Gasteiger partial charge in [-0.15, -0.1) is 11.3 Å². The van der Waals surface area contributed by atoms with Gasteiger partial charge in [0.15, 0.2) is 0 Å². The van der Waals surface area contributed by atoms with E-state index in [1.807, 2.05) is 12.3 Å². The minimum Gasteiger partial charge on any atom is -0.249 e. The lowest BCUT2D eigenvalue weighted by Crippen LogP contribution is -2.28. The number of hydrogen-bond donors (Lipinski definition) is 1. The van der Waals surface area contributed by atoms with Gasteiger partial charge >= 0.3 is 0 Å². The molecule has 1 unspecified atom stereocenters. The van der Waals surface area contributed by atoms with Gasteiger partial charge in [0, 0.05) is 24.0 Å². The van der Waals surface area contributed by atoms with E-state index in [1.54, 1.807) is 6.20 Å². The highest BCUT2D eigenvalue weighted by atomic mass is 32.2. The fourth-order valence-corrected chi connectivity index (χ4v) is 3.45. The van der Waals surface area contributed by atoms with E-state index in [-0.39, 0.29) is 17.4 Å². The number of benzene rings is 1.